The van der Waals surface area contributed by atoms with Crippen molar-refractivity contribution in [3.05, 3.63) is 54.2 Å². The van der Waals surface area contributed by atoms with Crippen LogP contribution in [0.2, 0.25) is 0 Å². The van der Waals surface area contributed by atoms with Gasteiger partial charge in [0.15, 0.2) is 11.5 Å². The minimum atomic E-state index is -0.887. The molecule has 0 saturated carbocycles. The van der Waals surface area contributed by atoms with Gasteiger partial charge in [-0.1, -0.05) is 62.3 Å². The van der Waals surface area contributed by atoms with Crippen molar-refractivity contribution in [1.29, 1.82) is 0 Å². The van der Waals surface area contributed by atoms with Gasteiger partial charge in [-0.2, -0.15) is 0 Å². The van der Waals surface area contributed by atoms with Crippen molar-refractivity contribution in [1.82, 2.24) is 15.1 Å². The number of H-pyrrole nitrogens is 1. The molecule has 0 aliphatic rings. The Bertz CT molecular complexity index is 1150. The van der Waals surface area contributed by atoms with E-state index in [0.717, 1.165) is 16.8 Å². The first kappa shape index (κ1) is 17.8. The largest absolute Gasteiger partial charge is 0.410 e. The molecular formula is C21H20N4O3. The fourth-order valence-electron chi connectivity index (χ4n) is 3.12. The van der Waals surface area contributed by atoms with E-state index in [4.69, 9.17) is 15.0 Å². The number of aromatic amines is 1. The lowest BCUT2D eigenvalue weighted by Crippen LogP contribution is -2.16. The molecule has 3 N–H and O–H groups in total. The third-order valence-corrected chi connectivity index (χ3v) is 4.36. The minimum absolute atomic E-state index is 0.266. The number of aromatic nitrogens is 3. The van der Waals surface area contributed by atoms with E-state index >= 15 is 0 Å². The molecule has 4 rings (SSSR count). The lowest BCUT2D eigenvalue weighted by atomic mass is 9.88. The van der Waals surface area contributed by atoms with Crippen LogP contribution in [0.3, 0.4) is 0 Å². The van der Waals surface area contributed by atoms with Crippen LogP contribution in [-0.4, -0.2) is 21.2 Å². The second kappa shape index (κ2) is 6.53. The standard InChI is InChI=1S/C21H20N4O3/c1-21(2,3)18-15(17(28-25-18)12-8-5-4-6-9-12)19-23-13-10-7-11-14(16(13)24-19)27-20(22)26/h4-11H,1-3H3,(H2,22,26)(H,23,24). The molecule has 2 aromatic heterocycles. The number of amides is 1. The highest BCUT2D eigenvalue weighted by Gasteiger charge is 2.30. The average Bonchev–Trinajstić information content (AvgIpc) is 3.26. The molecule has 2 heterocycles. The Morgan fingerprint density at radius 3 is 2.54 bits per heavy atom. The van der Waals surface area contributed by atoms with E-state index < -0.39 is 6.09 Å². The Morgan fingerprint density at radius 1 is 1.11 bits per heavy atom. The minimum Gasteiger partial charge on any atom is -0.408 e. The number of rotatable bonds is 3. The molecule has 0 aliphatic heterocycles. The van der Waals surface area contributed by atoms with Gasteiger partial charge in [0.25, 0.3) is 0 Å². The van der Waals surface area contributed by atoms with Gasteiger partial charge in [-0.15, -0.1) is 0 Å². The lowest BCUT2D eigenvalue weighted by Gasteiger charge is -2.15. The third kappa shape index (κ3) is 3.11. The summed E-state index contributed by atoms with van der Waals surface area (Å²) in [5, 5.41) is 4.34. The van der Waals surface area contributed by atoms with E-state index in [1.54, 1.807) is 12.1 Å². The third-order valence-electron chi connectivity index (χ3n) is 4.36. The fraction of sp³-hybridized carbons (Fsp3) is 0.190. The summed E-state index contributed by atoms with van der Waals surface area (Å²) in [6.45, 7) is 6.19. The first-order chi connectivity index (χ1) is 13.3. The van der Waals surface area contributed by atoms with E-state index in [1.807, 2.05) is 36.4 Å². The number of primary amides is 1. The average molecular weight is 376 g/mol. The van der Waals surface area contributed by atoms with E-state index in [1.165, 1.54) is 0 Å². The highest BCUT2D eigenvalue weighted by molar-refractivity contribution is 5.89. The van der Waals surface area contributed by atoms with Crippen LogP contribution in [0.25, 0.3) is 33.7 Å². The molecular weight excluding hydrogens is 356 g/mol. The quantitative estimate of drug-likeness (QED) is 0.542. The first-order valence-corrected chi connectivity index (χ1v) is 8.86. The van der Waals surface area contributed by atoms with Crippen LogP contribution < -0.4 is 10.5 Å². The van der Waals surface area contributed by atoms with Gasteiger partial charge in [0.05, 0.1) is 11.1 Å². The Morgan fingerprint density at radius 2 is 1.86 bits per heavy atom. The molecule has 0 radical (unpaired) electrons. The maximum absolute atomic E-state index is 11.2. The van der Waals surface area contributed by atoms with Gasteiger partial charge in [-0.3, -0.25) is 0 Å². The van der Waals surface area contributed by atoms with Gasteiger partial charge in [0, 0.05) is 11.0 Å². The van der Waals surface area contributed by atoms with Crippen molar-refractivity contribution in [3.8, 4) is 28.5 Å². The van der Waals surface area contributed by atoms with Crippen LogP contribution in [0, 0.1) is 0 Å². The van der Waals surface area contributed by atoms with Crippen molar-refractivity contribution >= 4 is 17.1 Å². The van der Waals surface area contributed by atoms with Gasteiger partial charge in [0.1, 0.15) is 17.0 Å². The van der Waals surface area contributed by atoms with Crippen LogP contribution in [0.15, 0.2) is 53.1 Å². The summed E-state index contributed by atoms with van der Waals surface area (Å²) in [5.41, 5.74) is 8.59. The Labute approximate surface area is 161 Å². The van der Waals surface area contributed by atoms with Crippen molar-refractivity contribution in [2.24, 2.45) is 5.73 Å². The highest BCUT2D eigenvalue weighted by Crippen LogP contribution is 2.40. The van der Waals surface area contributed by atoms with E-state index in [0.29, 0.717) is 28.4 Å². The van der Waals surface area contributed by atoms with E-state index in [9.17, 15) is 4.79 Å². The van der Waals surface area contributed by atoms with Crippen molar-refractivity contribution in [3.63, 3.8) is 0 Å². The molecule has 142 valence electrons. The number of nitrogens with zero attached hydrogens (tertiary/aromatic N) is 2. The number of benzene rings is 2. The summed E-state index contributed by atoms with van der Waals surface area (Å²) >= 11 is 0. The second-order valence-electron chi connectivity index (χ2n) is 7.51. The lowest BCUT2D eigenvalue weighted by molar-refractivity contribution is 0.211. The zero-order valence-corrected chi connectivity index (χ0v) is 15.8. The number of para-hydroxylation sites is 1. The second-order valence-corrected chi connectivity index (χ2v) is 7.51. The van der Waals surface area contributed by atoms with E-state index in [2.05, 4.69) is 35.9 Å². The summed E-state index contributed by atoms with van der Waals surface area (Å²) in [5.74, 6) is 1.50. The SMILES string of the molecule is CC(C)(C)c1noc(-c2ccccc2)c1-c1nc2c(OC(N)=O)cccc2[nH]1. The summed E-state index contributed by atoms with van der Waals surface area (Å²) < 4.78 is 10.8. The molecule has 0 bridgehead atoms. The van der Waals surface area contributed by atoms with Crippen LogP contribution in [0.5, 0.6) is 5.75 Å². The number of ether oxygens (including phenoxy) is 1. The Hall–Kier alpha value is -3.61. The zero-order valence-electron chi connectivity index (χ0n) is 15.8. The van der Waals surface area contributed by atoms with Gasteiger partial charge in [-0.25, -0.2) is 9.78 Å². The Kier molecular flexibility index (Phi) is 4.15. The summed E-state index contributed by atoms with van der Waals surface area (Å²) in [6, 6.07) is 15.0. The molecule has 7 heteroatoms. The van der Waals surface area contributed by atoms with Gasteiger partial charge in [0.2, 0.25) is 0 Å². The number of carbonyl (C=O) groups is 1. The van der Waals surface area contributed by atoms with Gasteiger partial charge < -0.3 is 20.0 Å². The number of hydrogen-bond acceptors (Lipinski definition) is 5. The van der Waals surface area contributed by atoms with Crippen molar-refractivity contribution in [2.45, 2.75) is 26.2 Å². The normalized spacial score (nSPS) is 11.7. The zero-order chi connectivity index (χ0) is 19.9. The molecule has 0 aliphatic carbocycles. The molecule has 2 aromatic carbocycles. The van der Waals surface area contributed by atoms with Crippen LogP contribution in [-0.2, 0) is 5.41 Å². The summed E-state index contributed by atoms with van der Waals surface area (Å²) in [7, 11) is 0. The number of nitrogens with two attached hydrogens (primary N) is 1. The molecule has 28 heavy (non-hydrogen) atoms. The van der Waals surface area contributed by atoms with Crippen LogP contribution in [0.1, 0.15) is 26.5 Å². The number of imidazole rings is 1. The smallest absolute Gasteiger partial charge is 0.408 e. The van der Waals surface area contributed by atoms with Crippen LogP contribution >= 0.6 is 0 Å². The number of fused-ring (bicyclic) bond motifs is 1. The fourth-order valence-corrected chi connectivity index (χ4v) is 3.12. The van der Waals surface area contributed by atoms with Gasteiger partial charge in [-0.05, 0) is 12.1 Å². The number of carbonyl (C=O) groups excluding carboxylic acids is 1. The first-order valence-electron chi connectivity index (χ1n) is 8.86. The van der Waals surface area contributed by atoms with Crippen molar-refractivity contribution in [2.75, 3.05) is 0 Å². The maximum Gasteiger partial charge on any atom is 0.410 e. The molecule has 0 saturated heterocycles. The summed E-state index contributed by atoms with van der Waals surface area (Å²) in [6.07, 6.45) is -0.887. The molecule has 0 spiro atoms. The summed E-state index contributed by atoms with van der Waals surface area (Å²) in [4.78, 5) is 19.2. The van der Waals surface area contributed by atoms with Crippen molar-refractivity contribution < 1.29 is 14.1 Å². The molecule has 0 unspecified atom stereocenters. The molecule has 0 atom stereocenters. The topological polar surface area (TPSA) is 107 Å². The highest BCUT2D eigenvalue weighted by atomic mass is 16.5. The molecule has 0 fully saturated rings. The Balaban J connectivity index is 1.96. The van der Waals surface area contributed by atoms with Gasteiger partial charge >= 0.3 is 6.09 Å². The van der Waals surface area contributed by atoms with Crippen LogP contribution in [0.4, 0.5) is 4.79 Å². The monoisotopic (exact) mass is 376 g/mol. The predicted molar refractivity (Wildman–Crippen MR) is 106 cm³/mol. The predicted octanol–water partition coefficient (Wildman–Crippen LogP) is 4.64. The van der Waals surface area contributed by atoms with E-state index in [-0.39, 0.29) is 5.41 Å². The molecule has 4 aromatic rings. The number of nitrogens with one attached hydrogen (secondary N) is 1. The maximum atomic E-state index is 11.2. The molecule has 7 nitrogen and oxygen atoms in total. The molecule has 1 amide bonds. The number of hydrogen-bond donors (Lipinski definition) is 2.